The molecule has 3 rings (SSSR count). The van der Waals surface area contributed by atoms with E-state index in [9.17, 15) is 0 Å². The van der Waals surface area contributed by atoms with Crippen molar-refractivity contribution in [2.24, 2.45) is 0 Å². The first-order chi connectivity index (χ1) is 8.81. The maximum atomic E-state index is 5.78. The number of fused-ring (bicyclic) bond motifs is 1. The molecule has 1 aliphatic rings. The Kier molecular flexibility index (Phi) is 2.94. The summed E-state index contributed by atoms with van der Waals surface area (Å²) in [6, 6.07) is 9.30. The van der Waals surface area contributed by atoms with E-state index >= 15 is 0 Å². The second kappa shape index (κ2) is 4.74. The van der Waals surface area contributed by atoms with Gasteiger partial charge < -0.3 is 14.8 Å². The maximum absolute atomic E-state index is 5.78. The Bertz CT molecular complexity index is 557. The minimum atomic E-state index is 0.579. The predicted octanol–water partition coefficient (Wildman–Crippen LogP) is 3.25. The van der Waals surface area contributed by atoms with E-state index in [1.807, 2.05) is 24.3 Å². The van der Waals surface area contributed by atoms with E-state index in [4.69, 9.17) is 21.1 Å². The summed E-state index contributed by atoms with van der Waals surface area (Å²) >= 11 is 5.78. The van der Waals surface area contributed by atoms with Crippen molar-refractivity contribution in [3.05, 3.63) is 41.6 Å². The number of hydrogen-bond acceptors (Lipinski definition) is 4. The largest absolute Gasteiger partial charge is 0.486 e. The van der Waals surface area contributed by atoms with Gasteiger partial charge in [0.25, 0.3) is 0 Å². The molecule has 0 spiro atoms. The van der Waals surface area contributed by atoms with E-state index in [2.05, 4.69) is 10.3 Å². The van der Waals surface area contributed by atoms with Gasteiger partial charge in [0.15, 0.2) is 11.5 Å². The summed E-state index contributed by atoms with van der Waals surface area (Å²) in [6.45, 7) is 1.17. The Morgan fingerprint density at radius 2 is 1.89 bits per heavy atom. The molecule has 0 saturated heterocycles. The van der Waals surface area contributed by atoms with Crippen molar-refractivity contribution in [3.8, 4) is 11.5 Å². The smallest absolute Gasteiger partial charge is 0.163 e. The number of halogens is 1. The van der Waals surface area contributed by atoms with Crippen LogP contribution in [0.5, 0.6) is 11.5 Å². The van der Waals surface area contributed by atoms with Gasteiger partial charge in [-0.2, -0.15) is 0 Å². The SMILES string of the molecule is Clc1ccc(Nc2ccc3c(c2)OCCO3)nc1. The lowest BCUT2D eigenvalue weighted by Gasteiger charge is -2.19. The van der Waals surface area contributed by atoms with Gasteiger partial charge in [-0.3, -0.25) is 0 Å². The number of anilines is 2. The molecule has 1 aromatic heterocycles. The molecule has 0 unspecified atom stereocenters. The molecule has 0 fully saturated rings. The Balaban J connectivity index is 1.82. The van der Waals surface area contributed by atoms with Gasteiger partial charge >= 0.3 is 0 Å². The summed E-state index contributed by atoms with van der Waals surface area (Å²) in [7, 11) is 0. The zero-order valence-corrected chi connectivity index (χ0v) is 10.3. The highest BCUT2D eigenvalue weighted by Gasteiger charge is 2.11. The molecule has 0 bridgehead atoms. The van der Waals surface area contributed by atoms with Crippen molar-refractivity contribution in [3.63, 3.8) is 0 Å². The fourth-order valence-corrected chi connectivity index (χ4v) is 1.83. The first kappa shape index (κ1) is 11.2. The lowest BCUT2D eigenvalue weighted by molar-refractivity contribution is 0.171. The Hall–Kier alpha value is -1.94. The van der Waals surface area contributed by atoms with Gasteiger partial charge in [0.05, 0.1) is 5.02 Å². The molecule has 0 amide bonds. The number of rotatable bonds is 2. The van der Waals surface area contributed by atoms with E-state index in [0.29, 0.717) is 18.2 Å². The van der Waals surface area contributed by atoms with E-state index in [1.165, 1.54) is 0 Å². The number of hydrogen-bond donors (Lipinski definition) is 1. The van der Waals surface area contributed by atoms with E-state index in [-0.39, 0.29) is 0 Å². The first-order valence-corrected chi connectivity index (χ1v) is 5.97. The summed E-state index contributed by atoms with van der Waals surface area (Å²) in [4.78, 5) is 4.17. The van der Waals surface area contributed by atoms with Crippen LogP contribution in [0.25, 0.3) is 0 Å². The highest BCUT2D eigenvalue weighted by atomic mass is 35.5. The fourth-order valence-electron chi connectivity index (χ4n) is 1.72. The maximum Gasteiger partial charge on any atom is 0.163 e. The van der Waals surface area contributed by atoms with E-state index < -0.39 is 0 Å². The molecule has 1 aliphatic heterocycles. The summed E-state index contributed by atoms with van der Waals surface area (Å²) in [5, 5.41) is 3.79. The average Bonchev–Trinajstić information content (AvgIpc) is 2.41. The summed E-state index contributed by atoms with van der Waals surface area (Å²) in [5.74, 6) is 2.26. The third kappa shape index (κ3) is 2.33. The van der Waals surface area contributed by atoms with Crippen molar-refractivity contribution >= 4 is 23.1 Å². The minimum absolute atomic E-state index is 0.579. The van der Waals surface area contributed by atoms with E-state index in [1.54, 1.807) is 12.3 Å². The highest BCUT2D eigenvalue weighted by Crippen LogP contribution is 2.33. The van der Waals surface area contributed by atoms with Gasteiger partial charge in [0.1, 0.15) is 19.0 Å². The number of nitrogens with one attached hydrogen (secondary N) is 1. The summed E-state index contributed by atoms with van der Waals surface area (Å²) in [5.41, 5.74) is 0.897. The fraction of sp³-hybridized carbons (Fsp3) is 0.154. The number of aromatic nitrogens is 1. The molecule has 0 aliphatic carbocycles. The van der Waals surface area contributed by atoms with Crippen molar-refractivity contribution in [2.45, 2.75) is 0 Å². The summed E-state index contributed by atoms with van der Waals surface area (Å²) < 4.78 is 11.0. The van der Waals surface area contributed by atoms with Gasteiger partial charge in [-0.15, -0.1) is 0 Å². The second-order valence-corrected chi connectivity index (χ2v) is 4.28. The molecule has 2 aromatic rings. The lowest BCUT2D eigenvalue weighted by atomic mass is 10.2. The second-order valence-electron chi connectivity index (χ2n) is 3.85. The molecule has 5 heteroatoms. The van der Waals surface area contributed by atoms with Crippen LogP contribution >= 0.6 is 11.6 Å². The van der Waals surface area contributed by atoms with Crippen molar-refractivity contribution in [1.29, 1.82) is 0 Å². The van der Waals surface area contributed by atoms with Gasteiger partial charge in [0.2, 0.25) is 0 Å². The van der Waals surface area contributed by atoms with Crippen LogP contribution in [0.15, 0.2) is 36.5 Å². The Morgan fingerprint density at radius 1 is 1.06 bits per heavy atom. The molecule has 0 atom stereocenters. The van der Waals surface area contributed by atoms with Crippen LogP contribution in [0.4, 0.5) is 11.5 Å². The van der Waals surface area contributed by atoms with Crippen molar-refractivity contribution in [2.75, 3.05) is 18.5 Å². The summed E-state index contributed by atoms with van der Waals surface area (Å²) in [6.07, 6.45) is 1.60. The third-order valence-corrected chi connectivity index (χ3v) is 2.77. The standard InChI is InChI=1S/C13H11ClN2O2/c14-9-1-4-13(15-8-9)16-10-2-3-11-12(7-10)18-6-5-17-11/h1-4,7-8H,5-6H2,(H,15,16). The highest BCUT2D eigenvalue weighted by molar-refractivity contribution is 6.30. The topological polar surface area (TPSA) is 43.4 Å². The molecule has 4 nitrogen and oxygen atoms in total. The molecule has 1 aromatic carbocycles. The van der Waals surface area contributed by atoms with Crippen LogP contribution in [-0.4, -0.2) is 18.2 Å². The minimum Gasteiger partial charge on any atom is -0.486 e. The molecule has 0 radical (unpaired) electrons. The zero-order valence-electron chi connectivity index (χ0n) is 9.52. The predicted molar refractivity (Wildman–Crippen MR) is 70.0 cm³/mol. The van der Waals surface area contributed by atoms with Gasteiger partial charge in [-0.05, 0) is 24.3 Å². The zero-order chi connectivity index (χ0) is 12.4. The molecule has 18 heavy (non-hydrogen) atoms. The molecule has 2 heterocycles. The molecular formula is C13H11ClN2O2. The lowest BCUT2D eigenvalue weighted by Crippen LogP contribution is -2.15. The van der Waals surface area contributed by atoms with Crippen molar-refractivity contribution in [1.82, 2.24) is 4.98 Å². The van der Waals surface area contributed by atoms with Gasteiger partial charge in [0, 0.05) is 18.0 Å². The Labute approximate surface area is 110 Å². The van der Waals surface area contributed by atoms with Crippen LogP contribution in [0.3, 0.4) is 0 Å². The number of benzene rings is 1. The van der Waals surface area contributed by atoms with Crippen molar-refractivity contribution < 1.29 is 9.47 Å². The molecular weight excluding hydrogens is 252 g/mol. The molecule has 1 N–H and O–H groups in total. The van der Waals surface area contributed by atoms with Crippen LogP contribution < -0.4 is 14.8 Å². The van der Waals surface area contributed by atoms with E-state index in [0.717, 1.165) is 23.0 Å². The van der Waals surface area contributed by atoms with Gasteiger partial charge in [-0.1, -0.05) is 11.6 Å². The van der Waals surface area contributed by atoms with Crippen LogP contribution in [-0.2, 0) is 0 Å². The number of ether oxygens (including phenoxy) is 2. The number of pyridine rings is 1. The first-order valence-electron chi connectivity index (χ1n) is 5.59. The Morgan fingerprint density at radius 3 is 2.67 bits per heavy atom. The third-order valence-electron chi connectivity index (χ3n) is 2.54. The monoisotopic (exact) mass is 262 g/mol. The molecule has 0 saturated carbocycles. The van der Waals surface area contributed by atoms with Gasteiger partial charge in [-0.25, -0.2) is 4.98 Å². The average molecular weight is 263 g/mol. The quantitative estimate of drug-likeness (QED) is 0.902. The van der Waals surface area contributed by atoms with Crippen LogP contribution in [0, 0.1) is 0 Å². The van der Waals surface area contributed by atoms with Crippen LogP contribution in [0.2, 0.25) is 5.02 Å². The normalized spacial score (nSPS) is 13.2. The molecule has 92 valence electrons. The van der Waals surface area contributed by atoms with Crippen LogP contribution in [0.1, 0.15) is 0 Å². The number of nitrogens with zero attached hydrogens (tertiary/aromatic N) is 1.